The van der Waals surface area contributed by atoms with Crippen molar-refractivity contribution in [3.8, 4) is 0 Å². The highest BCUT2D eigenvalue weighted by Crippen LogP contribution is 2.06. The van der Waals surface area contributed by atoms with Gasteiger partial charge in [0.2, 0.25) is 0 Å². The Kier molecular flexibility index (Phi) is 5.41. The summed E-state index contributed by atoms with van der Waals surface area (Å²) in [4.78, 5) is 0. The monoisotopic (exact) mass is 271 g/mol. The van der Waals surface area contributed by atoms with Gasteiger partial charge < -0.3 is 5.73 Å². The van der Waals surface area contributed by atoms with E-state index in [0.29, 0.717) is 0 Å². The Morgan fingerprint density at radius 1 is 1.00 bits per heavy atom. The van der Waals surface area contributed by atoms with Gasteiger partial charge in [0.1, 0.15) is 9.84 Å². The molecular formula is C9H21NO4S2. The van der Waals surface area contributed by atoms with Crippen molar-refractivity contribution in [1.29, 1.82) is 0 Å². The molecule has 7 heteroatoms. The summed E-state index contributed by atoms with van der Waals surface area (Å²) in [5.74, 6) is -0.262. The van der Waals surface area contributed by atoms with Crippen molar-refractivity contribution in [2.75, 3.05) is 23.0 Å². The van der Waals surface area contributed by atoms with E-state index in [1.165, 1.54) is 0 Å². The second-order valence-electron chi connectivity index (χ2n) is 4.67. The van der Waals surface area contributed by atoms with Crippen molar-refractivity contribution in [2.24, 2.45) is 5.73 Å². The van der Waals surface area contributed by atoms with E-state index in [1.54, 1.807) is 20.8 Å². The van der Waals surface area contributed by atoms with Gasteiger partial charge >= 0.3 is 0 Å². The molecule has 0 spiro atoms. The molecule has 0 saturated heterocycles. The minimum absolute atomic E-state index is 0.0510. The zero-order chi connectivity index (χ0) is 13.0. The fourth-order valence-corrected chi connectivity index (χ4v) is 4.20. The van der Waals surface area contributed by atoms with Crippen LogP contribution in [0.2, 0.25) is 0 Å². The van der Waals surface area contributed by atoms with Gasteiger partial charge in [-0.2, -0.15) is 0 Å². The van der Waals surface area contributed by atoms with Crippen molar-refractivity contribution in [3.05, 3.63) is 0 Å². The predicted octanol–water partition coefficient (Wildman–Crippen LogP) is -0.0367. The highest BCUT2D eigenvalue weighted by molar-refractivity contribution is 7.92. The molecule has 0 heterocycles. The maximum absolute atomic E-state index is 11.5. The van der Waals surface area contributed by atoms with Crippen LogP contribution < -0.4 is 5.73 Å². The quantitative estimate of drug-likeness (QED) is 0.701. The van der Waals surface area contributed by atoms with E-state index >= 15 is 0 Å². The first-order chi connectivity index (χ1) is 6.97. The standard InChI is InChI=1S/C9H21NO4S2/c1-4-15(11,12)6-5-7-16(13,14)8-9(2,3)10/h4-8,10H2,1-3H3. The number of sulfone groups is 2. The SMILES string of the molecule is CCS(=O)(=O)CCCS(=O)(=O)CC(C)(C)N. The van der Waals surface area contributed by atoms with Crippen LogP contribution in [0.1, 0.15) is 27.2 Å². The van der Waals surface area contributed by atoms with E-state index < -0.39 is 25.2 Å². The largest absolute Gasteiger partial charge is 0.325 e. The second kappa shape index (κ2) is 5.46. The van der Waals surface area contributed by atoms with Crippen molar-refractivity contribution in [1.82, 2.24) is 0 Å². The van der Waals surface area contributed by atoms with Crippen LogP contribution in [0.5, 0.6) is 0 Å². The van der Waals surface area contributed by atoms with Crippen molar-refractivity contribution >= 4 is 19.7 Å². The first-order valence-corrected chi connectivity index (χ1v) is 8.81. The Morgan fingerprint density at radius 2 is 1.44 bits per heavy atom. The van der Waals surface area contributed by atoms with Crippen LogP contribution in [0.15, 0.2) is 0 Å². The summed E-state index contributed by atoms with van der Waals surface area (Å²) in [5.41, 5.74) is 4.83. The lowest BCUT2D eigenvalue weighted by molar-refractivity contribution is 0.543. The first kappa shape index (κ1) is 15.9. The zero-order valence-electron chi connectivity index (χ0n) is 10.1. The third-order valence-electron chi connectivity index (χ3n) is 1.94. The molecule has 0 aromatic rings. The molecule has 0 aromatic heterocycles. The Morgan fingerprint density at radius 3 is 1.81 bits per heavy atom. The van der Waals surface area contributed by atoms with E-state index in [9.17, 15) is 16.8 Å². The zero-order valence-corrected chi connectivity index (χ0v) is 11.7. The molecule has 98 valence electrons. The minimum Gasteiger partial charge on any atom is -0.325 e. The molecule has 0 unspecified atom stereocenters. The molecule has 0 aliphatic carbocycles. The molecule has 0 aliphatic rings. The van der Waals surface area contributed by atoms with Gasteiger partial charge in [-0.1, -0.05) is 6.92 Å². The number of hydrogen-bond acceptors (Lipinski definition) is 5. The molecule has 0 radical (unpaired) electrons. The molecule has 0 atom stereocenters. The van der Waals surface area contributed by atoms with Gasteiger partial charge in [-0.15, -0.1) is 0 Å². The molecule has 2 N–H and O–H groups in total. The van der Waals surface area contributed by atoms with Crippen LogP contribution in [-0.2, 0) is 19.7 Å². The summed E-state index contributed by atoms with van der Waals surface area (Å²) >= 11 is 0. The smallest absolute Gasteiger partial charge is 0.152 e. The van der Waals surface area contributed by atoms with E-state index in [2.05, 4.69) is 0 Å². The van der Waals surface area contributed by atoms with Crippen molar-refractivity contribution in [2.45, 2.75) is 32.7 Å². The Balaban J connectivity index is 4.23. The molecule has 0 saturated carbocycles. The van der Waals surface area contributed by atoms with Gasteiger partial charge in [0.15, 0.2) is 9.84 Å². The average Bonchev–Trinajstić information content (AvgIpc) is 1.98. The summed E-state index contributed by atoms with van der Waals surface area (Å²) in [6.45, 7) is 4.81. The lowest BCUT2D eigenvalue weighted by atomic mass is 10.1. The van der Waals surface area contributed by atoms with Gasteiger partial charge in [0.05, 0.1) is 17.3 Å². The topological polar surface area (TPSA) is 94.3 Å². The van der Waals surface area contributed by atoms with Crippen LogP contribution in [0.4, 0.5) is 0 Å². The van der Waals surface area contributed by atoms with Crippen LogP contribution >= 0.6 is 0 Å². The van der Waals surface area contributed by atoms with E-state index in [0.717, 1.165) is 0 Å². The van der Waals surface area contributed by atoms with Gasteiger partial charge in [0.25, 0.3) is 0 Å². The second-order valence-corrected chi connectivity index (χ2v) is 9.33. The van der Waals surface area contributed by atoms with Crippen molar-refractivity contribution < 1.29 is 16.8 Å². The molecular weight excluding hydrogens is 250 g/mol. The van der Waals surface area contributed by atoms with Crippen LogP contribution in [0.3, 0.4) is 0 Å². The Labute approximate surface area is 98.2 Å². The molecule has 0 bridgehead atoms. The Hall–Kier alpha value is -0.140. The third-order valence-corrected chi connectivity index (χ3v) is 5.83. The van der Waals surface area contributed by atoms with Crippen LogP contribution in [-0.4, -0.2) is 45.4 Å². The number of nitrogens with two attached hydrogens (primary N) is 1. The lowest BCUT2D eigenvalue weighted by Crippen LogP contribution is -2.40. The predicted molar refractivity (Wildman–Crippen MR) is 65.9 cm³/mol. The molecule has 16 heavy (non-hydrogen) atoms. The van der Waals surface area contributed by atoms with Crippen LogP contribution in [0, 0.1) is 0 Å². The molecule has 0 rings (SSSR count). The molecule has 0 aromatic carbocycles. The highest BCUT2D eigenvalue weighted by Gasteiger charge is 2.22. The fourth-order valence-electron chi connectivity index (χ4n) is 1.28. The molecule has 5 nitrogen and oxygen atoms in total. The maximum Gasteiger partial charge on any atom is 0.152 e. The van der Waals surface area contributed by atoms with Gasteiger partial charge in [-0.25, -0.2) is 16.8 Å². The van der Waals surface area contributed by atoms with Gasteiger partial charge in [-0.05, 0) is 20.3 Å². The summed E-state index contributed by atoms with van der Waals surface area (Å²) in [7, 11) is -6.34. The summed E-state index contributed by atoms with van der Waals surface area (Å²) in [5, 5.41) is 0. The van der Waals surface area contributed by atoms with Crippen LogP contribution in [0.25, 0.3) is 0 Å². The number of rotatable bonds is 7. The van der Waals surface area contributed by atoms with Gasteiger partial charge in [-0.3, -0.25) is 0 Å². The molecule has 0 fully saturated rings. The third kappa shape index (κ3) is 8.06. The first-order valence-electron chi connectivity index (χ1n) is 5.17. The molecule has 0 amide bonds. The number of hydrogen-bond donors (Lipinski definition) is 1. The van der Waals surface area contributed by atoms with E-state index in [4.69, 9.17) is 5.73 Å². The summed E-state index contributed by atoms with van der Waals surface area (Å²) in [6, 6.07) is 0. The van der Waals surface area contributed by atoms with Gasteiger partial charge in [0, 0.05) is 11.3 Å². The summed E-state index contributed by atoms with van der Waals surface area (Å²) in [6.07, 6.45) is 0.147. The van der Waals surface area contributed by atoms with E-state index in [1.807, 2.05) is 0 Å². The average molecular weight is 271 g/mol. The summed E-state index contributed by atoms with van der Waals surface area (Å²) < 4.78 is 45.4. The lowest BCUT2D eigenvalue weighted by Gasteiger charge is -2.17. The maximum atomic E-state index is 11.5. The fraction of sp³-hybridized carbons (Fsp3) is 1.00. The normalized spacial score (nSPS) is 14.0. The molecule has 0 aliphatic heterocycles. The minimum atomic E-state index is -3.26. The highest BCUT2D eigenvalue weighted by atomic mass is 32.2. The Bertz CT molecular complexity index is 403. The van der Waals surface area contributed by atoms with Crippen molar-refractivity contribution in [3.63, 3.8) is 0 Å². The van der Waals surface area contributed by atoms with E-state index in [-0.39, 0.29) is 29.4 Å².